The average Bonchev–Trinajstić information content (AvgIpc) is 3.00. The molecule has 0 radical (unpaired) electrons. The van der Waals surface area contributed by atoms with Crippen LogP contribution in [0.3, 0.4) is 0 Å². The van der Waals surface area contributed by atoms with Crippen LogP contribution in [0, 0.1) is 0 Å². The summed E-state index contributed by atoms with van der Waals surface area (Å²) in [5.74, 6) is 0.839. The fourth-order valence-corrected chi connectivity index (χ4v) is 3.45. The summed E-state index contributed by atoms with van der Waals surface area (Å²) in [5, 5.41) is 12.9. The van der Waals surface area contributed by atoms with Crippen LogP contribution in [0.4, 0.5) is 0 Å². The quantitative estimate of drug-likeness (QED) is 0.631. The van der Waals surface area contributed by atoms with Gasteiger partial charge in [-0.05, 0) is 29.8 Å². The minimum Gasteiger partial charge on any atom is -0.351 e. The van der Waals surface area contributed by atoms with Crippen molar-refractivity contribution >= 4 is 40.9 Å². The van der Waals surface area contributed by atoms with Crippen LogP contribution in [-0.4, -0.2) is 31.4 Å². The van der Waals surface area contributed by atoms with Gasteiger partial charge in [0.15, 0.2) is 11.0 Å². The molecule has 3 rings (SSSR count). The first-order valence-corrected chi connectivity index (χ1v) is 9.42. The lowest BCUT2D eigenvalue weighted by Gasteiger charge is -2.07. The minimum absolute atomic E-state index is 0.116. The van der Waals surface area contributed by atoms with E-state index in [1.807, 2.05) is 23.7 Å². The summed E-state index contributed by atoms with van der Waals surface area (Å²) < 4.78 is 1.85. The molecular formula is C17H15Cl2N5OS. The zero-order valence-electron chi connectivity index (χ0n) is 13.8. The van der Waals surface area contributed by atoms with Gasteiger partial charge in [0.2, 0.25) is 5.91 Å². The largest absolute Gasteiger partial charge is 0.351 e. The number of hydrogen-bond acceptors (Lipinski definition) is 5. The van der Waals surface area contributed by atoms with Crippen molar-refractivity contribution in [1.29, 1.82) is 0 Å². The second kappa shape index (κ2) is 8.53. The Morgan fingerprint density at radius 2 is 1.96 bits per heavy atom. The standard InChI is InChI=1S/C17H15Cl2N5OS/c1-24-16(11-4-6-20-7-5-11)22-23-17(24)26-10-15(25)21-9-12-2-3-13(18)8-14(12)19/h2-8H,9-10H2,1H3,(H,21,25). The van der Waals surface area contributed by atoms with E-state index in [9.17, 15) is 4.79 Å². The fourth-order valence-electron chi connectivity index (χ4n) is 2.23. The number of thioether (sulfide) groups is 1. The summed E-state index contributed by atoms with van der Waals surface area (Å²) in [5.41, 5.74) is 1.73. The van der Waals surface area contributed by atoms with E-state index in [0.29, 0.717) is 21.7 Å². The second-order valence-electron chi connectivity index (χ2n) is 5.40. The monoisotopic (exact) mass is 407 g/mol. The molecule has 0 saturated heterocycles. The molecule has 0 aliphatic carbocycles. The molecule has 6 nitrogen and oxygen atoms in total. The number of aromatic nitrogens is 4. The molecule has 2 heterocycles. The van der Waals surface area contributed by atoms with Gasteiger partial charge < -0.3 is 9.88 Å². The summed E-state index contributed by atoms with van der Waals surface area (Å²) in [6.45, 7) is 0.344. The Morgan fingerprint density at radius 1 is 1.19 bits per heavy atom. The number of halogens is 2. The highest BCUT2D eigenvalue weighted by Gasteiger charge is 2.13. The Balaban J connectivity index is 1.56. The van der Waals surface area contributed by atoms with Gasteiger partial charge in [-0.15, -0.1) is 10.2 Å². The van der Waals surface area contributed by atoms with Crippen LogP contribution in [-0.2, 0) is 18.4 Å². The third-order valence-corrected chi connectivity index (χ3v) is 5.20. The molecule has 1 aromatic carbocycles. The molecule has 26 heavy (non-hydrogen) atoms. The summed E-state index contributed by atoms with van der Waals surface area (Å²) in [6, 6.07) is 8.91. The summed E-state index contributed by atoms with van der Waals surface area (Å²) in [6.07, 6.45) is 3.40. The first-order valence-electron chi connectivity index (χ1n) is 7.68. The fraction of sp³-hybridized carbons (Fsp3) is 0.176. The van der Waals surface area contributed by atoms with E-state index in [4.69, 9.17) is 23.2 Å². The molecule has 9 heteroatoms. The number of rotatable bonds is 6. The molecule has 134 valence electrons. The summed E-state index contributed by atoms with van der Waals surface area (Å²) >= 11 is 13.3. The second-order valence-corrected chi connectivity index (χ2v) is 7.19. The van der Waals surface area contributed by atoms with Crippen molar-refractivity contribution in [3.63, 3.8) is 0 Å². The minimum atomic E-state index is -0.116. The molecule has 1 amide bonds. The highest BCUT2D eigenvalue weighted by Crippen LogP contribution is 2.22. The number of benzene rings is 1. The van der Waals surface area contributed by atoms with Crippen LogP contribution >= 0.6 is 35.0 Å². The van der Waals surface area contributed by atoms with Crippen molar-refractivity contribution in [1.82, 2.24) is 25.1 Å². The lowest BCUT2D eigenvalue weighted by molar-refractivity contribution is -0.118. The third-order valence-electron chi connectivity index (χ3n) is 3.60. The van der Waals surface area contributed by atoms with Gasteiger partial charge in [-0.25, -0.2) is 0 Å². The zero-order valence-corrected chi connectivity index (χ0v) is 16.1. The van der Waals surface area contributed by atoms with Crippen LogP contribution in [0.1, 0.15) is 5.56 Å². The van der Waals surface area contributed by atoms with Crippen LogP contribution in [0.25, 0.3) is 11.4 Å². The topological polar surface area (TPSA) is 72.7 Å². The van der Waals surface area contributed by atoms with Crippen molar-refractivity contribution in [2.75, 3.05) is 5.75 Å². The first-order chi connectivity index (χ1) is 12.5. The molecule has 0 spiro atoms. The van der Waals surface area contributed by atoms with Crippen molar-refractivity contribution in [2.45, 2.75) is 11.7 Å². The molecule has 0 unspecified atom stereocenters. The van der Waals surface area contributed by atoms with Crippen LogP contribution in [0.5, 0.6) is 0 Å². The van der Waals surface area contributed by atoms with Crippen LogP contribution in [0.15, 0.2) is 47.9 Å². The highest BCUT2D eigenvalue weighted by molar-refractivity contribution is 7.99. The maximum absolute atomic E-state index is 12.1. The number of nitrogens with zero attached hydrogens (tertiary/aromatic N) is 4. The van der Waals surface area contributed by atoms with Crippen LogP contribution < -0.4 is 5.32 Å². The number of pyridine rings is 1. The molecule has 1 N–H and O–H groups in total. The third kappa shape index (κ3) is 4.55. The van der Waals surface area contributed by atoms with Crippen molar-refractivity contribution < 1.29 is 4.79 Å². The van der Waals surface area contributed by atoms with E-state index < -0.39 is 0 Å². The van der Waals surface area contributed by atoms with Crippen LogP contribution in [0.2, 0.25) is 10.0 Å². The number of hydrogen-bond donors (Lipinski definition) is 1. The lowest BCUT2D eigenvalue weighted by Crippen LogP contribution is -2.24. The molecular weight excluding hydrogens is 393 g/mol. The predicted octanol–water partition coefficient (Wildman–Crippen LogP) is 3.59. The first kappa shape index (κ1) is 18.7. The smallest absolute Gasteiger partial charge is 0.230 e. The van der Waals surface area contributed by atoms with E-state index in [0.717, 1.165) is 17.0 Å². The van der Waals surface area contributed by atoms with E-state index in [1.165, 1.54) is 11.8 Å². The maximum atomic E-state index is 12.1. The van der Waals surface area contributed by atoms with E-state index >= 15 is 0 Å². The normalized spacial score (nSPS) is 10.7. The molecule has 0 saturated carbocycles. The van der Waals surface area contributed by atoms with Gasteiger partial charge >= 0.3 is 0 Å². The Labute approximate surface area is 164 Å². The lowest BCUT2D eigenvalue weighted by atomic mass is 10.2. The average molecular weight is 408 g/mol. The van der Waals surface area contributed by atoms with Gasteiger partial charge in [-0.1, -0.05) is 41.0 Å². The summed E-state index contributed by atoms with van der Waals surface area (Å²) in [7, 11) is 1.86. The van der Waals surface area contributed by atoms with Gasteiger partial charge in [0.1, 0.15) is 0 Å². The van der Waals surface area contributed by atoms with Crippen molar-refractivity contribution in [3.8, 4) is 11.4 Å². The van der Waals surface area contributed by atoms with Crippen molar-refractivity contribution in [3.05, 3.63) is 58.3 Å². The predicted molar refractivity (Wildman–Crippen MR) is 103 cm³/mol. The van der Waals surface area contributed by atoms with Gasteiger partial charge in [0, 0.05) is 41.6 Å². The SMILES string of the molecule is Cn1c(SCC(=O)NCc2ccc(Cl)cc2Cl)nnc1-c1ccncc1. The number of amides is 1. The highest BCUT2D eigenvalue weighted by atomic mass is 35.5. The van der Waals surface area contributed by atoms with Crippen molar-refractivity contribution in [2.24, 2.45) is 7.05 Å². The molecule has 2 aromatic heterocycles. The van der Waals surface area contributed by atoms with E-state index in [2.05, 4.69) is 20.5 Å². The molecule has 0 fully saturated rings. The molecule has 3 aromatic rings. The Bertz CT molecular complexity index is 917. The maximum Gasteiger partial charge on any atom is 0.230 e. The summed E-state index contributed by atoms with van der Waals surface area (Å²) in [4.78, 5) is 16.1. The van der Waals surface area contributed by atoms with Gasteiger partial charge in [0.05, 0.1) is 5.75 Å². The molecule has 0 aliphatic rings. The molecule has 0 aliphatic heterocycles. The van der Waals surface area contributed by atoms with Gasteiger partial charge in [0.25, 0.3) is 0 Å². The number of carbonyl (C=O) groups excluding carboxylic acids is 1. The van der Waals surface area contributed by atoms with E-state index in [1.54, 1.807) is 30.6 Å². The molecule has 0 bridgehead atoms. The zero-order chi connectivity index (χ0) is 18.5. The Morgan fingerprint density at radius 3 is 2.69 bits per heavy atom. The Kier molecular flexibility index (Phi) is 6.13. The Hall–Kier alpha value is -2.09. The van der Waals surface area contributed by atoms with E-state index in [-0.39, 0.29) is 11.7 Å². The van der Waals surface area contributed by atoms with Gasteiger partial charge in [-0.3, -0.25) is 9.78 Å². The number of carbonyl (C=O) groups is 1. The molecule has 0 atom stereocenters. The number of nitrogens with one attached hydrogen (secondary N) is 1. The van der Waals surface area contributed by atoms with Gasteiger partial charge in [-0.2, -0.15) is 0 Å².